The lowest BCUT2D eigenvalue weighted by atomic mass is 10.1. The van der Waals surface area contributed by atoms with Crippen LogP contribution in [0.2, 0.25) is 0 Å². The van der Waals surface area contributed by atoms with Gasteiger partial charge in [-0.25, -0.2) is 0 Å². The molecule has 0 atom stereocenters. The van der Waals surface area contributed by atoms with Crippen molar-refractivity contribution in [3.05, 3.63) is 29.6 Å². The summed E-state index contributed by atoms with van der Waals surface area (Å²) in [4.78, 5) is 15.3. The van der Waals surface area contributed by atoms with Crippen molar-refractivity contribution < 1.29 is 4.79 Å². The van der Waals surface area contributed by atoms with E-state index in [0.29, 0.717) is 13.1 Å². The number of carbonyl (C=O) groups is 1. The van der Waals surface area contributed by atoms with Gasteiger partial charge < -0.3 is 5.32 Å². The van der Waals surface area contributed by atoms with Gasteiger partial charge in [-0.05, 0) is 24.1 Å². The third-order valence-corrected chi connectivity index (χ3v) is 2.13. The molecule has 0 saturated carbocycles. The molecular weight excluding hydrogens is 202 g/mol. The van der Waals surface area contributed by atoms with Gasteiger partial charge in [0.1, 0.15) is 0 Å². The molecule has 0 aliphatic rings. The molecule has 0 bridgehead atoms. The number of pyridine rings is 1. The molecule has 1 heterocycles. The third kappa shape index (κ3) is 4.11. The van der Waals surface area contributed by atoms with Gasteiger partial charge in [0.25, 0.3) is 0 Å². The Kier molecular flexibility index (Phi) is 5.03. The summed E-state index contributed by atoms with van der Waals surface area (Å²) in [5.41, 5.74) is 2.14. The Balaban J connectivity index is 2.32. The van der Waals surface area contributed by atoms with Crippen LogP contribution >= 0.6 is 0 Å². The second-order valence-electron chi connectivity index (χ2n) is 3.39. The van der Waals surface area contributed by atoms with E-state index in [4.69, 9.17) is 6.42 Å². The number of amides is 1. The van der Waals surface area contributed by atoms with Gasteiger partial charge in [-0.3, -0.25) is 15.1 Å². The highest BCUT2D eigenvalue weighted by Gasteiger charge is 2.01. The van der Waals surface area contributed by atoms with Crippen LogP contribution in [0.4, 0.5) is 0 Å². The first-order valence-corrected chi connectivity index (χ1v) is 5.04. The minimum Gasteiger partial charge on any atom is -0.351 e. The number of nitrogens with zero attached hydrogens (tertiary/aromatic N) is 1. The van der Waals surface area contributed by atoms with Gasteiger partial charge >= 0.3 is 0 Å². The van der Waals surface area contributed by atoms with Crippen LogP contribution in [0.15, 0.2) is 18.5 Å². The van der Waals surface area contributed by atoms with E-state index in [1.165, 1.54) is 0 Å². The SMILES string of the molecule is C#CCNCC(=O)NCc1ccncc1C. The maximum Gasteiger partial charge on any atom is 0.234 e. The van der Waals surface area contributed by atoms with Gasteiger partial charge in [-0.2, -0.15) is 0 Å². The van der Waals surface area contributed by atoms with Crippen LogP contribution in [-0.4, -0.2) is 24.0 Å². The summed E-state index contributed by atoms with van der Waals surface area (Å²) >= 11 is 0. The van der Waals surface area contributed by atoms with Gasteiger partial charge in [-0.15, -0.1) is 6.42 Å². The monoisotopic (exact) mass is 217 g/mol. The molecule has 0 saturated heterocycles. The molecule has 0 aromatic carbocycles. The molecule has 0 spiro atoms. The van der Waals surface area contributed by atoms with E-state index >= 15 is 0 Å². The van der Waals surface area contributed by atoms with Gasteiger partial charge in [-0.1, -0.05) is 5.92 Å². The van der Waals surface area contributed by atoms with Crippen molar-refractivity contribution in [1.29, 1.82) is 0 Å². The van der Waals surface area contributed by atoms with E-state index in [2.05, 4.69) is 21.5 Å². The lowest BCUT2D eigenvalue weighted by molar-refractivity contribution is -0.120. The number of carbonyl (C=O) groups excluding carboxylic acids is 1. The van der Waals surface area contributed by atoms with Crippen molar-refractivity contribution in [1.82, 2.24) is 15.6 Å². The second-order valence-corrected chi connectivity index (χ2v) is 3.39. The van der Waals surface area contributed by atoms with Gasteiger partial charge in [0.15, 0.2) is 0 Å². The zero-order valence-corrected chi connectivity index (χ0v) is 9.29. The van der Waals surface area contributed by atoms with Crippen molar-refractivity contribution >= 4 is 5.91 Å². The largest absolute Gasteiger partial charge is 0.351 e. The van der Waals surface area contributed by atoms with Crippen molar-refractivity contribution in [2.75, 3.05) is 13.1 Å². The average molecular weight is 217 g/mol. The topological polar surface area (TPSA) is 54.0 Å². The molecule has 1 amide bonds. The van der Waals surface area contributed by atoms with E-state index in [0.717, 1.165) is 11.1 Å². The van der Waals surface area contributed by atoms with E-state index in [9.17, 15) is 4.79 Å². The van der Waals surface area contributed by atoms with Crippen LogP contribution in [0.3, 0.4) is 0 Å². The average Bonchev–Trinajstić information content (AvgIpc) is 2.28. The van der Waals surface area contributed by atoms with Crippen LogP contribution in [0.5, 0.6) is 0 Å². The van der Waals surface area contributed by atoms with E-state index < -0.39 is 0 Å². The Labute approximate surface area is 95.5 Å². The zero-order chi connectivity index (χ0) is 11.8. The van der Waals surface area contributed by atoms with Gasteiger partial charge in [0, 0.05) is 18.9 Å². The Bertz CT molecular complexity index is 395. The third-order valence-electron chi connectivity index (χ3n) is 2.13. The Morgan fingerprint density at radius 3 is 3.12 bits per heavy atom. The molecule has 0 aliphatic heterocycles. The molecule has 1 aromatic heterocycles. The second kappa shape index (κ2) is 6.59. The number of terminal acetylenes is 1. The van der Waals surface area contributed by atoms with E-state index in [1.807, 2.05) is 13.0 Å². The fourth-order valence-corrected chi connectivity index (χ4v) is 1.21. The fraction of sp³-hybridized carbons (Fsp3) is 0.333. The molecule has 2 N–H and O–H groups in total. The number of hydrogen-bond donors (Lipinski definition) is 2. The van der Waals surface area contributed by atoms with Crippen molar-refractivity contribution in [2.45, 2.75) is 13.5 Å². The highest BCUT2D eigenvalue weighted by atomic mass is 16.1. The quantitative estimate of drug-likeness (QED) is 0.548. The summed E-state index contributed by atoms with van der Waals surface area (Å²) < 4.78 is 0. The van der Waals surface area contributed by atoms with Crippen LogP contribution in [-0.2, 0) is 11.3 Å². The Morgan fingerprint density at radius 1 is 1.62 bits per heavy atom. The van der Waals surface area contributed by atoms with Crippen molar-refractivity contribution in [3.63, 3.8) is 0 Å². The van der Waals surface area contributed by atoms with Crippen LogP contribution in [0, 0.1) is 19.3 Å². The van der Waals surface area contributed by atoms with Crippen LogP contribution < -0.4 is 10.6 Å². The molecule has 4 nitrogen and oxygen atoms in total. The first kappa shape index (κ1) is 12.2. The Morgan fingerprint density at radius 2 is 2.44 bits per heavy atom. The van der Waals surface area contributed by atoms with E-state index in [1.54, 1.807) is 12.4 Å². The Hall–Kier alpha value is -1.86. The number of nitrogens with one attached hydrogen (secondary N) is 2. The highest BCUT2D eigenvalue weighted by Crippen LogP contribution is 2.03. The summed E-state index contributed by atoms with van der Waals surface area (Å²) in [6.07, 6.45) is 8.54. The molecule has 84 valence electrons. The lowest BCUT2D eigenvalue weighted by Gasteiger charge is -2.07. The molecule has 0 unspecified atom stereocenters. The summed E-state index contributed by atoms with van der Waals surface area (Å²) in [6.45, 7) is 3.13. The molecule has 0 fully saturated rings. The summed E-state index contributed by atoms with van der Waals surface area (Å²) in [5, 5.41) is 5.63. The van der Waals surface area contributed by atoms with Gasteiger partial charge in [0.2, 0.25) is 5.91 Å². The van der Waals surface area contributed by atoms with Crippen molar-refractivity contribution in [3.8, 4) is 12.3 Å². The zero-order valence-electron chi connectivity index (χ0n) is 9.29. The predicted octanol–water partition coefficient (Wildman–Crippen LogP) is 0.229. The summed E-state index contributed by atoms with van der Waals surface area (Å²) in [5.74, 6) is 2.34. The first-order chi connectivity index (χ1) is 7.74. The van der Waals surface area contributed by atoms with Crippen LogP contribution in [0.1, 0.15) is 11.1 Å². The molecular formula is C12H15N3O. The van der Waals surface area contributed by atoms with E-state index in [-0.39, 0.29) is 12.5 Å². The van der Waals surface area contributed by atoms with Gasteiger partial charge in [0.05, 0.1) is 13.1 Å². The predicted molar refractivity (Wildman–Crippen MR) is 62.5 cm³/mol. The highest BCUT2D eigenvalue weighted by molar-refractivity contribution is 5.78. The number of aromatic nitrogens is 1. The maximum absolute atomic E-state index is 11.3. The molecule has 4 heteroatoms. The van der Waals surface area contributed by atoms with Crippen molar-refractivity contribution in [2.24, 2.45) is 0 Å². The molecule has 1 rings (SSSR count). The van der Waals surface area contributed by atoms with Crippen LogP contribution in [0.25, 0.3) is 0 Å². The molecule has 0 radical (unpaired) electrons. The summed E-state index contributed by atoms with van der Waals surface area (Å²) in [6, 6.07) is 1.89. The summed E-state index contributed by atoms with van der Waals surface area (Å²) in [7, 11) is 0. The number of rotatable bonds is 5. The normalized spacial score (nSPS) is 9.50. The molecule has 0 aliphatic carbocycles. The fourth-order valence-electron chi connectivity index (χ4n) is 1.21. The number of aryl methyl sites for hydroxylation is 1. The minimum atomic E-state index is -0.0635. The lowest BCUT2D eigenvalue weighted by Crippen LogP contribution is -2.33. The molecule has 16 heavy (non-hydrogen) atoms. The maximum atomic E-state index is 11.3. The molecule has 1 aromatic rings. The number of hydrogen-bond acceptors (Lipinski definition) is 3. The minimum absolute atomic E-state index is 0.0635. The smallest absolute Gasteiger partial charge is 0.234 e. The standard InChI is InChI=1S/C12H15N3O/c1-3-5-13-9-12(16)15-8-11-4-6-14-7-10(11)2/h1,4,6-7,13H,5,8-9H2,2H3,(H,15,16). The first-order valence-electron chi connectivity index (χ1n) is 5.04.